The molecular weight excluding hydrogens is 479 g/mol. The molecule has 0 N–H and O–H groups in total. The van der Waals surface area contributed by atoms with E-state index in [-0.39, 0.29) is 17.6 Å². The van der Waals surface area contributed by atoms with Gasteiger partial charge in [0.25, 0.3) is 5.89 Å². The van der Waals surface area contributed by atoms with Crippen LogP contribution in [0.1, 0.15) is 22.4 Å². The van der Waals surface area contributed by atoms with Crippen LogP contribution in [0.3, 0.4) is 0 Å². The van der Waals surface area contributed by atoms with E-state index in [9.17, 15) is 40.8 Å². The summed E-state index contributed by atoms with van der Waals surface area (Å²) in [6, 6.07) is 2.74. The zero-order chi connectivity index (χ0) is 25.4. The molecule has 0 saturated heterocycles. The summed E-state index contributed by atoms with van der Waals surface area (Å²) < 4.78 is 105. The third-order valence-corrected chi connectivity index (χ3v) is 4.39. The van der Waals surface area contributed by atoms with E-state index < -0.39 is 58.2 Å². The van der Waals surface area contributed by atoms with E-state index in [1.165, 1.54) is 6.92 Å². The minimum Gasteiger partial charge on any atom is -0.423 e. The minimum atomic E-state index is -5.47. The van der Waals surface area contributed by atoms with Crippen molar-refractivity contribution in [3.8, 4) is 23.3 Å². The number of nitrogens with zero attached hydrogens (tertiary/aromatic N) is 5. The van der Waals surface area contributed by atoms with Gasteiger partial charge in [-0.2, -0.15) is 31.6 Å². The number of nitriles is 1. The first-order valence-corrected chi connectivity index (χ1v) is 8.86. The Bertz CT molecular complexity index is 1280. The first-order valence-electron chi connectivity index (χ1n) is 8.86. The Hall–Kier alpha value is -4.22. The summed E-state index contributed by atoms with van der Waals surface area (Å²) in [6.45, 7) is 1.25. The maximum absolute atomic E-state index is 13.8. The van der Waals surface area contributed by atoms with Crippen molar-refractivity contribution < 1.29 is 44.7 Å². The number of carbonyl (C=O) groups is 1. The molecule has 15 heteroatoms. The van der Waals surface area contributed by atoms with Gasteiger partial charge in [-0.05, 0) is 25.1 Å². The number of aromatic nitrogens is 3. The summed E-state index contributed by atoms with van der Waals surface area (Å²) in [4.78, 5) is 16.9. The van der Waals surface area contributed by atoms with Gasteiger partial charge in [0.05, 0.1) is 22.4 Å². The molecular formula is C19H10F7N5O3. The Kier molecular flexibility index (Phi) is 6.19. The summed E-state index contributed by atoms with van der Waals surface area (Å²) >= 11 is 0. The van der Waals surface area contributed by atoms with E-state index in [4.69, 9.17) is 9.15 Å². The molecule has 1 aromatic carbocycles. The lowest BCUT2D eigenvalue weighted by Gasteiger charge is -2.22. The number of aryl methyl sites for hydroxylation is 1. The van der Waals surface area contributed by atoms with E-state index in [0.717, 1.165) is 25.2 Å². The summed E-state index contributed by atoms with van der Waals surface area (Å²) in [6.07, 6.45) is -11.8. The lowest BCUT2D eigenvalue weighted by atomic mass is 9.95. The number of carbonyl (C=O) groups excluding carboxylic acids is 1. The van der Waals surface area contributed by atoms with Crippen molar-refractivity contribution in [2.75, 3.05) is 11.9 Å². The highest BCUT2D eigenvalue weighted by Crippen LogP contribution is 2.48. The second-order valence-corrected chi connectivity index (χ2v) is 6.57. The predicted octanol–water partition coefficient (Wildman–Crippen LogP) is 5.12. The Morgan fingerprint density at radius 3 is 2.29 bits per heavy atom. The van der Waals surface area contributed by atoms with Gasteiger partial charge in [-0.3, -0.25) is 4.90 Å². The fraction of sp³-hybridized carbons (Fsp3) is 0.211. The van der Waals surface area contributed by atoms with Gasteiger partial charge < -0.3 is 9.15 Å². The largest absolute Gasteiger partial charge is 0.423 e. The molecule has 1 amide bonds. The number of hydrogen-bond acceptors (Lipinski definition) is 7. The van der Waals surface area contributed by atoms with Crippen molar-refractivity contribution >= 4 is 11.9 Å². The van der Waals surface area contributed by atoms with Crippen molar-refractivity contribution in [3.05, 3.63) is 52.8 Å². The second kappa shape index (κ2) is 8.61. The number of benzene rings is 1. The van der Waals surface area contributed by atoms with Crippen LogP contribution >= 0.6 is 0 Å². The molecule has 3 aromatic rings. The van der Waals surface area contributed by atoms with Crippen molar-refractivity contribution in [1.82, 2.24) is 15.2 Å². The number of ether oxygens (including phenoxy) is 1. The quantitative estimate of drug-likeness (QED) is 0.470. The number of halogens is 7. The van der Waals surface area contributed by atoms with E-state index in [1.54, 1.807) is 0 Å². The minimum absolute atomic E-state index is 0.152. The standard InChI is InChI=1S/C19H10F7N5O3/c1-8-12(20)3-4-13(29-8)31(2)17(32)34-15-11(19(24,25)26)5-10(18(21,22)23)9(6-27)14(15)16-30-28-7-33-16/h3-5,7H,1-2H3. The smallest absolute Gasteiger partial charge is 0.420 e. The van der Waals surface area contributed by atoms with Gasteiger partial charge in [-0.1, -0.05) is 0 Å². The van der Waals surface area contributed by atoms with Gasteiger partial charge in [-0.15, -0.1) is 10.2 Å². The maximum Gasteiger partial charge on any atom is 0.420 e. The highest BCUT2D eigenvalue weighted by Gasteiger charge is 2.45. The average Bonchev–Trinajstić information content (AvgIpc) is 3.27. The summed E-state index contributed by atoms with van der Waals surface area (Å²) in [5, 5.41) is 15.8. The Balaban J connectivity index is 2.25. The SMILES string of the molecule is Cc1nc(N(C)C(=O)Oc2c(C(F)(F)F)cc(C(F)(F)F)c(C#N)c2-c2nnco2)ccc1F. The number of anilines is 1. The third-order valence-electron chi connectivity index (χ3n) is 4.39. The molecule has 34 heavy (non-hydrogen) atoms. The fourth-order valence-corrected chi connectivity index (χ4v) is 2.77. The van der Waals surface area contributed by atoms with Gasteiger partial charge in [0.1, 0.15) is 23.3 Å². The summed E-state index contributed by atoms with van der Waals surface area (Å²) in [5.41, 5.74) is -6.67. The van der Waals surface area contributed by atoms with E-state index in [1.807, 2.05) is 0 Å². The number of pyridine rings is 1. The maximum atomic E-state index is 13.8. The summed E-state index contributed by atoms with van der Waals surface area (Å²) in [7, 11) is 1.01. The molecule has 3 rings (SSSR count). The van der Waals surface area contributed by atoms with E-state index >= 15 is 0 Å². The highest BCUT2D eigenvalue weighted by molar-refractivity contribution is 5.89. The normalized spacial score (nSPS) is 11.8. The predicted molar refractivity (Wildman–Crippen MR) is 97.8 cm³/mol. The second-order valence-electron chi connectivity index (χ2n) is 6.57. The van der Waals surface area contributed by atoms with Crippen molar-refractivity contribution in [2.45, 2.75) is 19.3 Å². The van der Waals surface area contributed by atoms with Gasteiger partial charge in [0.15, 0.2) is 5.75 Å². The molecule has 2 heterocycles. The van der Waals surface area contributed by atoms with Crippen LogP contribution in [-0.4, -0.2) is 28.3 Å². The van der Waals surface area contributed by atoms with Gasteiger partial charge >= 0.3 is 18.4 Å². The van der Waals surface area contributed by atoms with Crippen LogP contribution in [0.15, 0.2) is 29.0 Å². The van der Waals surface area contributed by atoms with Crippen LogP contribution < -0.4 is 9.64 Å². The number of alkyl halides is 6. The zero-order valence-corrected chi connectivity index (χ0v) is 16.9. The topological polar surface area (TPSA) is 105 Å². The molecule has 0 aliphatic carbocycles. The first-order chi connectivity index (χ1) is 15.8. The average molecular weight is 489 g/mol. The van der Waals surface area contributed by atoms with Crippen LogP contribution in [0.2, 0.25) is 0 Å². The van der Waals surface area contributed by atoms with Crippen molar-refractivity contribution in [2.24, 2.45) is 0 Å². The fourth-order valence-electron chi connectivity index (χ4n) is 2.77. The Morgan fingerprint density at radius 1 is 1.15 bits per heavy atom. The monoisotopic (exact) mass is 489 g/mol. The van der Waals surface area contributed by atoms with Crippen LogP contribution in [0.25, 0.3) is 11.5 Å². The molecule has 8 nitrogen and oxygen atoms in total. The summed E-state index contributed by atoms with van der Waals surface area (Å²) in [5.74, 6) is -3.39. The third kappa shape index (κ3) is 4.60. The Labute approximate surface area is 185 Å². The van der Waals surface area contributed by atoms with Gasteiger partial charge in [0, 0.05) is 7.05 Å². The molecule has 0 spiro atoms. The van der Waals surface area contributed by atoms with Crippen LogP contribution in [0.5, 0.6) is 5.75 Å². The van der Waals surface area contributed by atoms with Crippen molar-refractivity contribution in [1.29, 1.82) is 5.26 Å². The molecule has 0 aliphatic rings. The lowest BCUT2D eigenvalue weighted by molar-refractivity contribution is -0.143. The van der Waals surface area contributed by atoms with Crippen LogP contribution in [0, 0.1) is 24.1 Å². The zero-order valence-electron chi connectivity index (χ0n) is 16.9. The highest BCUT2D eigenvalue weighted by atomic mass is 19.4. The number of amides is 1. The lowest BCUT2D eigenvalue weighted by Crippen LogP contribution is -2.31. The van der Waals surface area contributed by atoms with Gasteiger partial charge in [-0.25, -0.2) is 14.2 Å². The molecule has 0 saturated carbocycles. The van der Waals surface area contributed by atoms with E-state index in [0.29, 0.717) is 11.3 Å². The molecule has 0 aliphatic heterocycles. The van der Waals surface area contributed by atoms with E-state index in [2.05, 4.69) is 15.2 Å². The first kappa shape index (κ1) is 24.4. The molecule has 0 atom stereocenters. The van der Waals surface area contributed by atoms with Gasteiger partial charge in [0.2, 0.25) is 6.39 Å². The molecule has 178 valence electrons. The molecule has 0 fully saturated rings. The molecule has 2 aromatic heterocycles. The van der Waals surface area contributed by atoms with Crippen LogP contribution in [-0.2, 0) is 12.4 Å². The molecule has 0 bridgehead atoms. The molecule has 0 unspecified atom stereocenters. The Morgan fingerprint density at radius 2 is 1.79 bits per heavy atom. The number of rotatable bonds is 3. The molecule has 0 radical (unpaired) electrons. The van der Waals surface area contributed by atoms with Crippen LogP contribution in [0.4, 0.5) is 41.3 Å². The number of hydrogen-bond donors (Lipinski definition) is 0. The van der Waals surface area contributed by atoms with Crippen molar-refractivity contribution in [3.63, 3.8) is 0 Å².